The highest BCUT2D eigenvalue weighted by Gasteiger charge is 2.16. The number of benzene rings is 2. The summed E-state index contributed by atoms with van der Waals surface area (Å²) >= 11 is 11.7. The molecule has 0 spiro atoms. The smallest absolute Gasteiger partial charge is 0.294 e. The molecule has 4 nitrogen and oxygen atoms in total. The molecule has 2 aromatic carbocycles. The Morgan fingerprint density at radius 2 is 1.70 bits per heavy atom. The second kappa shape index (κ2) is 5.26. The number of aryl methyl sites for hydroxylation is 1. The minimum atomic E-state index is -4.33. The van der Waals surface area contributed by atoms with Crippen LogP contribution >= 0.6 is 23.2 Å². The van der Waals surface area contributed by atoms with Crippen molar-refractivity contribution in [3.05, 3.63) is 45.9 Å². The molecule has 0 aliphatic heterocycles. The van der Waals surface area contributed by atoms with Crippen LogP contribution in [0.15, 0.2) is 35.2 Å². The van der Waals surface area contributed by atoms with Gasteiger partial charge in [-0.05, 0) is 42.3 Å². The van der Waals surface area contributed by atoms with E-state index in [1.165, 1.54) is 30.3 Å². The Morgan fingerprint density at radius 3 is 2.30 bits per heavy atom. The largest absolute Gasteiger partial charge is 0.506 e. The first kappa shape index (κ1) is 15.1. The lowest BCUT2D eigenvalue weighted by atomic mass is 10.00. The van der Waals surface area contributed by atoms with Gasteiger partial charge in [0.2, 0.25) is 0 Å². The zero-order chi connectivity index (χ0) is 15.1. The Morgan fingerprint density at radius 1 is 1.05 bits per heavy atom. The van der Waals surface area contributed by atoms with Crippen molar-refractivity contribution in [3.63, 3.8) is 0 Å². The van der Waals surface area contributed by atoms with Crippen LogP contribution in [0.1, 0.15) is 5.56 Å². The van der Waals surface area contributed by atoms with Crippen LogP contribution in [0.2, 0.25) is 10.0 Å². The van der Waals surface area contributed by atoms with E-state index in [1.807, 2.05) is 0 Å². The minimum absolute atomic E-state index is 0.0594. The molecular weight excluding hydrogens is 323 g/mol. The zero-order valence-corrected chi connectivity index (χ0v) is 12.6. The van der Waals surface area contributed by atoms with Crippen LogP contribution < -0.4 is 0 Å². The summed E-state index contributed by atoms with van der Waals surface area (Å²) in [6.07, 6.45) is 0. The van der Waals surface area contributed by atoms with Crippen LogP contribution in [-0.2, 0) is 10.1 Å². The predicted molar refractivity (Wildman–Crippen MR) is 78.1 cm³/mol. The lowest BCUT2D eigenvalue weighted by molar-refractivity contribution is 0.477. The molecule has 0 heterocycles. The Hall–Kier alpha value is -1.27. The molecule has 0 fully saturated rings. The molecule has 0 unspecified atom stereocenters. The molecule has 0 amide bonds. The third-order valence-electron chi connectivity index (χ3n) is 2.83. The van der Waals surface area contributed by atoms with Crippen LogP contribution in [0.3, 0.4) is 0 Å². The van der Waals surface area contributed by atoms with E-state index in [0.29, 0.717) is 21.7 Å². The van der Waals surface area contributed by atoms with Gasteiger partial charge in [0.15, 0.2) is 0 Å². The van der Waals surface area contributed by atoms with Crippen molar-refractivity contribution >= 4 is 33.3 Å². The van der Waals surface area contributed by atoms with E-state index in [2.05, 4.69) is 0 Å². The van der Waals surface area contributed by atoms with Gasteiger partial charge in [0.1, 0.15) is 5.75 Å². The third-order valence-corrected chi connectivity index (χ3v) is 4.18. The molecule has 106 valence electrons. The van der Waals surface area contributed by atoms with E-state index < -0.39 is 10.1 Å². The van der Waals surface area contributed by atoms with E-state index >= 15 is 0 Å². The number of phenolic OH excluding ortho intramolecular Hbond substituents is 1. The topological polar surface area (TPSA) is 74.6 Å². The van der Waals surface area contributed by atoms with Crippen molar-refractivity contribution in [1.82, 2.24) is 0 Å². The van der Waals surface area contributed by atoms with Gasteiger partial charge in [0, 0.05) is 10.6 Å². The molecular formula is C13H10Cl2O4S. The summed E-state index contributed by atoms with van der Waals surface area (Å²) in [4.78, 5) is -0.270. The summed E-state index contributed by atoms with van der Waals surface area (Å²) in [6.45, 7) is 1.73. The van der Waals surface area contributed by atoms with Crippen molar-refractivity contribution in [1.29, 1.82) is 0 Å². The van der Waals surface area contributed by atoms with Gasteiger partial charge >= 0.3 is 0 Å². The number of hydrogen-bond acceptors (Lipinski definition) is 3. The highest BCUT2D eigenvalue weighted by Crippen LogP contribution is 2.39. The Bertz CT molecular complexity index is 785. The molecule has 0 atom stereocenters. The van der Waals surface area contributed by atoms with E-state index in [9.17, 15) is 13.5 Å². The highest BCUT2D eigenvalue weighted by molar-refractivity contribution is 7.85. The van der Waals surface area contributed by atoms with Crippen LogP contribution in [-0.4, -0.2) is 18.1 Å². The normalized spacial score (nSPS) is 11.6. The molecule has 0 aromatic heterocycles. The Balaban J connectivity index is 2.76. The summed E-state index contributed by atoms with van der Waals surface area (Å²) in [5, 5.41) is 10.4. The molecule has 2 rings (SSSR count). The Kier molecular flexibility index (Phi) is 3.97. The molecule has 0 saturated carbocycles. The van der Waals surface area contributed by atoms with Gasteiger partial charge in [0.05, 0.1) is 9.92 Å². The molecule has 0 radical (unpaired) electrons. The lowest BCUT2D eigenvalue weighted by Gasteiger charge is -2.11. The van der Waals surface area contributed by atoms with Crippen molar-refractivity contribution < 1.29 is 18.1 Å². The number of halogens is 2. The number of rotatable bonds is 2. The van der Waals surface area contributed by atoms with E-state index in [4.69, 9.17) is 27.8 Å². The summed E-state index contributed by atoms with van der Waals surface area (Å²) in [7, 11) is -4.33. The third kappa shape index (κ3) is 2.91. The van der Waals surface area contributed by atoms with Gasteiger partial charge in [-0.3, -0.25) is 4.55 Å². The molecule has 0 saturated heterocycles. The van der Waals surface area contributed by atoms with Crippen molar-refractivity contribution in [3.8, 4) is 16.9 Å². The average molecular weight is 333 g/mol. The molecule has 0 bridgehead atoms. The Labute approximate surface area is 126 Å². The second-order valence-corrected chi connectivity index (χ2v) is 6.50. The van der Waals surface area contributed by atoms with E-state index in [1.54, 1.807) is 6.92 Å². The van der Waals surface area contributed by atoms with Crippen molar-refractivity contribution in [2.75, 3.05) is 0 Å². The first-order valence-electron chi connectivity index (χ1n) is 5.46. The molecule has 0 aliphatic carbocycles. The first-order chi connectivity index (χ1) is 9.20. The number of phenols is 1. The fourth-order valence-electron chi connectivity index (χ4n) is 1.82. The minimum Gasteiger partial charge on any atom is -0.506 e. The zero-order valence-electron chi connectivity index (χ0n) is 10.3. The summed E-state index contributed by atoms with van der Waals surface area (Å²) < 4.78 is 31.5. The molecule has 2 aromatic rings. The molecule has 20 heavy (non-hydrogen) atoms. The van der Waals surface area contributed by atoms with Gasteiger partial charge in [-0.1, -0.05) is 29.3 Å². The van der Waals surface area contributed by atoms with Gasteiger partial charge in [0.25, 0.3) is 10.1 Å². The molecule has 7 heteroatoms. The number of hydrogen-bond donors (Lipinski definition) is 2. The van der Waals surface area contributed by atoms with Crippen LogP contribution in [0, 0.1) is 6.92 Å². The maximum atomic E-state index is 11.2. The summed E-state index contributed by atoms with van der Waals surface area (Å²) in [5.74, 6) is -0.202. The highest BCUT2D eigenvalue weighted by atomic mass is 35.5. The monoisotopic (exact) mass is 332 g/mol. The van der Waals surface area contributed by atoms with Crippen molar-refractivity contribution in [2.45, 2.75) is 11.8 Å². The van der Waals surface area contributed by atoms with E-state index in [-0.39, 0.29) is 15.7 Å². The standard InChI is InChI=1S/C13H10Cl2O4S/c1-7-2-3-9(20(17,18)19)6-10(7)11-4-8(14)5-12(15)13(11)16/h2-6,16H,1H3,(H,17,18,19). The lowest BCUT2D eigenvalue weighted by Crippen LogP contribution is -1.99. The van der Waals surface area contributed by atoms with Gasteiger partial charge in [-0.2, -0.15) is 8.42 Å². The number of aromatic hydroxyl groups is 1. The summed E-state index contributed by atoms with van der Waals surface area (Å²) in [5.41, 5.74) is 1.42. The fourth-order valence-corrected chi connectivity index (χ4v) is 2.82. The predicted octanol–water partition coefficient (Wildman–Crippen LogP) is 3.92. The van der Waals surface area contributed by atoms with Crippen molar-refractivity contribution in [2.24, 2.45) is 0 Å². The van der Waals surface area contributed by atoms with Crippen LogP contribution in [0.25, 0.3) is 11.1 Å². The van der Waals surface area contributed by atoms with Crippen LogP contribution in [0.4, 0.5) is 0 Å². The van der Waals surface area contributed by atoms with Gasteiger partial charge < -0.3 is 5.11 Å². The first-order valence-corrected chi connectivity index (χ1v) is 7.66. The molecule has 0 aliphatic rings. The van der Waals surface area contributed by atoms with E-state index in [0.717, 1.165) is 0 Å². The average Bonchev–Trinajstić information content (AvgIpc) is 2.33. The molecule has 2 N–H and O–H groups in total. The fraction of sp³-hybridized carbons (Fsp3) is 0.0769. The van der Waals surface area contributed by atoms with Crippen LogP contribution in [0.5, 0.6) is 5.75 Å². The quantitative estimate of drug-likeness (QED) is 0.817. The second-order valence-electron chi connectivity index (χ2n) is 4.24. The summed E-state index contributed by atoms with van der Waals surface area (Å²) in [6, 6.07) is 6.90. The maximum Gasteiger partial charge on any atom is 0.294 e. The maximum absolute atomic E-state index is 11.2. The van der Waals surface area contributed by atoms with Gasteiger partial charge in [-0.15, -0.1) is 0 Å². The SMILES string of the molecule is Cc1ccc(S(=O)(=O)O)cc1-c1cc(Cl)cc(Cl)c1O. The van der Waals surface area contributed by atoms with Gasteiger partial charge in [-0.25, -0.2) is 0 Å².